The van der Waals surface area contributed by atoms with E-state index in [1.54, 1.807) is 0 Å². The molecule has 0 saturated carbocycles. The number of anilines is 3. The van der Waals surface area contributed by atoms with E-state index >= 15 is 0 Å². The van der Waals surface area contributed by atoms with Crippen molar-refractivity contribution in [2.45, 2.75) is 0 Å². The Labute approximate surface area is 314 Å². The fourth-order valence-electron chi connectivity index (χ4n) is 7.96. The molecule has 9 aromatic carbocycles. The Balaban J connectivity index is 1.25. The maximum Gasteiger partial charge on any atom is 0.135 e. The summed E-state index contributed by atoms with van der Waals surface area (Å²) in [7, 11) is 0. The Bertz CT molecular complexity index is 2940. The molecular weight excluding hydrogens is 655 g/mol. The van der Waals surface area contributed by atoms with Crippen molar-refractivity contribution in [2.24, 2.45) is 0 Å². The molecule has 2 nitrogen and oxygen atoms in total. The predicted molar refractivity (Wildman–Crippen MR) is 228 cm³/mol. The van der Waals surface area contributed by atoms with Crippen LogP contribution in [-0.2, 0) is 0 Å². The molecular formula is C52H35NO. The van der Waals surface area contributed by atoms with Crippen LogP contribution in [0.5, 0.6) is 0 Å². The zero-order valence-corrected chi connectivity index (χ0v) is 29.6. The van der Waals surface area contributed by atoms with Crippen LogP contribution in [0.15, 0.2) is 217 Å². The highest BCUT2D eigenvalue weighted by atomic mass is 16.3. The first-order valence-electron chi connectivity index (χ1n) is 18.4. The van der Waals surface area contributed by atoms with Gasteiger partial charge in [-0.05, 0) is 86.8 Å². The van der Waals surface area contributed by atoms with Gasteiger partial charge in [0.1, 0.15) is 11.2 Å². The van der Waals surface area contributed by atoms with Crippen LogP contribution >= 0.6 is 0 Å². The average Bonchev–Trinajstić information content (AvgIpc) is 3.63. The fourth-order valence-corrected chi connectivity index (χ4v) is 7.96. The number of fused-ring (bicyclic) bond motifs is 4. The highest BCUT2D eigenvalue weighted by molar-refractivity contribution is 6.08. The lowest BCUT2D eigenvalue weighted by Gasteiger charge is -2.30. The van der Waals surface area contributed by atoms with Crippen LogP contribution in [0.4, 0.5) is 17.1 Å². The Morgan fingerprint density at radius 3 is 1.72 bits per heavy atom. The minimum atomic E-state index is 0.877. The molecule has 254 valence electrons. The Morgan fingerprint density at radius 2 is 0.889 bits per heavy atom. The van der Waals surface area contributed by atoms with Crippen molar-refractivity contribution in [3.63, 3.8) is 0 Å². The molecule has 0 aliphatic heterocycles. The number of rotatable bonds is 7. The smallest absolute Gasteiger partial charge is 0.135 e. The first-order valence-corrected chi connectivity index (χ1v) is 18.4. The SMILES string of the molecule is c1ccc(-c2ccc(-c3ccccc3N(c3ccc4oc5ccccc5c4c3)c3cccc4ccccc34)c(-c3ccccc3-c3ccccc3)c2)cc1. The summed E-state index contributed by atoms with van der Waals surface area (Å²) in [6, 6.07) is 76.1. The number of para-hydroxylation sites is 2. The molecule has 0 N–H and O–H groups in total. The molecule has 0 bridgehead atoms. The van der Waals surface area contributed by atoms with Crippen LogP contribution < -0.4 is 4.90 Å². The van der Waals surface area contributed by atoms with Gasteiger partial charge in [-0.1, -0.05) is 170 Å². The zero-order chi connectivity index (χ0) is 35.8. The van der Waals surface area contributed by atoms with E-state index in [9.17, 15) is 0 Å². The van der Waals surface area contributed by atoms with Crippen LogP contribution in [0.3, 0.4) is 0 Å². The van der Waals surface area contributed by atoms with Crippen LogP contribution in [0.25, 0.3) is 77.2 Å². The molecule has 0 aliphatic carbocycles. The topological polar surface area (TPSA) is 16.4 Å². The van der Waals surface area contributed by atoms with Crippen LogP contribution in [-0.4, -0.2) is 0 Å². The van der Waals surface area contributed by atoms with Crippen LogP contribution in [0, 0.1) is 0 Å². The summed E-state index contributed by atoms with van der Waals surface area (Å²) in [5.74, 6) is 0. The third-order valence-electron chi connectivity index (χ3n) is 10.5. The number of furan rings is 1. The molecule has 10 rings (SSSR count). The maximum absolute atomic E-state index is 6.30. The summed E-state index contributed by atoms with van der Waals surface area (Å²) in [6.07, 6.45) is 0. The summed E-state index contributed by atoms with van der Waals surface area (Å²) in [4.78, 5) is 2.43. The van der Waals surface area contributed by atoms with Gasteiger partial charge in [0.15, 0.2) is 0 Å². The van der Waals surface area contributed by atoms with Crippen molar-refractivity contribution < 1.29 is 4.42 Å². The van der Waals surface area contributed by atoms with E-state index in [2.05, 4.69) is 205 Å². The van der Waals surface area contributed by atoms with E-state index in [1.807, 2.05) is 12.1 Å². The van der Waals surface area contributed by atoms with E-state index in [-0.39, 0.29) is 0 Å². The van der Waals surface area contributed by atoms with Crippen molar-refractivity contribution in [1.29, 1.82) is 0 Å². The largest absolute Gasteiger partial charge is 0.456 e. The fraction of sp³-hybridized carbons (Fsp3) is 0. The molecule has 10 aromatic rings. The van der Waals surface area contributed by atoms with E-state index in [0.717, 1.165) is 50.1 Å². The van der Waals surface area contributed by atoms with Gasteiger partial charge >= 0.3 is 0 Å². The normalized spacial score (nSPS) is 11.3. The Morgan fingerprint density at radius 1 is 0.296 bits per heavy atom. The maximum atomic E-state index is 6.30. The standard InChI is InChI=1S/C52H35NO/c1-3-16-36(17-4-1)39-30-32-44(47(34-39)43-24-10-9-22-41(43)37-18-5-2-6-19-37)45-25-11-13-27-50(45)53(49-28-15-21-38-20-7-8-23-42(38)49)40-31-33-52-48(35-40)46-26-12-14-29-51(46)54-52/h1-35H. The Hall–Kier alpha value is -7.16. The molecule has 0 unspecified atom stereocenters. The van der Waals surface area contributed by atoms with Gasteiger partial charge in [-0.3, -0.25) is 0 Å². The Kier molecular flexibility index (Phi) is 7.85. The van der Waals surface area contributed by atoms with Crippen molar-refractivity contribution in [2.75, 3.05) is 4.90 Å². The van der Waals surface area contributed by atoms with E-state index in [0.29, 0.717) is 0 Å². The second-order valence-electron chi connectivity index (χ2n) is 13.7. The van der Waals surface area contributed by atoms with Gasteiger partial charge < -0.3 is 9.32 Å². The van der Waals surface area contributed by atoms with Crippen LogP contribution in [0.2, 0.25) is 0 Å². The summed E-state index contributed by atoms with van der Waals surface area (Å²) >= 11 is 0. The molecule has 0 aliphatic rings. The van der Waals surface area contributed by atoms with Crippen LogP contribution in [0.1, 0.15) is 0 Å². The van der Waals surface area contributed by atoms with Crippen molar-refractivity contribution in [1.82, 2.24) is 0 Å². The quantitative estimate of drug-likeness (QED) is 0.166. The third kappa shape index (κ3) is 5.53. The van der Waals surface area contributed by atoms with Crippen molar-refractivity contribution >= 4 is 49.8 Å². The minimum Gasteiger partial charge on any atom is -0.456 e. The lowest BCUT2D eigenvalue weighted by Crippen LogP contribution is -2.12. The van der Waals surface area contributed by atoms with Crippen molar-refractivity contribution in [3.05, 3.63) is 212 Å². The first-order chi connectivity index (χ1) is 26.8. The van der Waals surface area contributed by atoms with E-state index < -0.39 is 0 Å². The second kappa shape index (κ2) is 13.4. The minimum absolute atomic E-state index is 0.877. The summed E-state index contributed by atoms with van der Waals surface area (Å²) in [5, 5.41) is 4.57. The average molecular weight is 690 g/mol. The van der Waals surface area contributed by atoms with E-state index in [4.69, 9.17) is 4.42 Å². The van der Waals surface area contributed by atoms with Gasteiger partial charge in [0.2, 0.25) is 0 Å². The molecule has 0 fully saturated rings. The number of hydrogen-bond donors (Lipinski definition) is 0. The highest BCUT2D eigenvalue weighted by Crippen LogP contribution is 2.48. The molecule has 0 radical (unpaired) electrons. The second-order valence-corrected chi connectivity index (χ2v) is 13.7. The third-order valence-corrected chi connectivity index (χ3v) is 10.5. The lowest BCUT2D eigenvalue weighted by atomic mass is 9.86. The van der Waals surface area contributed by atoms with Gasteiger partial charge in [-0.2, -0.15) is 0 Å². The number of hydrogen-bond acceptors (Lipinski definition) is 2. The van der Waals surface area contributed by atoms with Gasteiger partial charge in [-0.15, -0.1) is 0 Å². The predicted octanol–water partition coefficient (Wildman–Crippen LogP) is 14.9. The first kappa shape index (κ1) is 31.6. The lowest BCUT2D eigenvalue weighted by molar-refractivity contribution is 0.669. The summed E-state index contributed by atoms with van der Waals surface area (Å²) < 4.78 is 6.30. The van der Waals surface area contributed by atoms with Gasteiger partial charge in [0.25, 0.3) is 0 Å². The number of benzene rings is 9. The monoisotopic (exact) mass is 689 g/mol. The molecule has 54 heavy (non-hydrogen) atoms. The summed E-state index contributed by atoms with van der Waals surface area (Å²) in [6.45, 7) is 0. The van der Waals surface area contributed by atoms with Crippen molar-refractivity contribution in [3.8, 4) is 44.5 Å². The van der Waals surface area contributed by atoms with Gasteiger partial charge in [0.05, 0.1) is 11.4 Å². The molecule has 2 heteroatoms. The summed E-state index contributed by atoms with van der Waals surface area (Å²) in [5.41, 5.74) is 14.5. The van der Waals surface area contributed by atoms with Gasteiger partial charge in [-0.25, -0.2) is 0 Å². The molecule has 1 heterocycles. The molecule has 0 saturated heterocycles. The molecule has 0 atom stereocenters. The zero-order valence-electron chi connectivity index (χ0n) is 29.6. The van der Waals surface area contributed by atoms with E-state index in [1.165, 1.54) is 44.2 Å². The molecule has 1 aromatic heterocycles. The number of nitrogens with zero attached hydrogens (tertiary/aromatic N) is 1. The van der Waals surface area contributed by atoms with Gasteiger partial charge in [0, 0.05) is 27.4 Å². The molecule has 0 spiro atoms. The highest BCUT2D eigenvalue weighted by Gasteiger charge is 2.23. The molecule has 0 amide bonds.